The number of benzene rings is 1. The van der Waals surface area contributed by atoms with Crippen molar-refractivity contribution in [1.29, 1.82) is 0 Å². The highest BCUT2D eigenvalue weighted by atomic mass is 79.9. The lowest BCUT2D eigenvalue weighted by molar-refractivity contribution is 0.161. The zero-order valence-electron chi connectivity index (χ0n) is 6.01. The lowest BCUT2D eigenvalue weighted by Gasteiger charge is -2.03. The van der Waals surface area contributed by atoms with E-state index in [9.17, 15) is 4.39 Å². The maximum absolute atomic E-state index is 12.8. The van der Waals surface area contributed by atoms with Crippen molar-refractivity contribution in [2.75, 3.05) is 0 Å². The Morgan fingerprint density at radius 2 is 2.17 bits per heavy atom. The van der Waals surface area contributed by atoms with Gasteiger partial charge < -0.3 is 10.3 Å². The number of hydrogen-bond acceptors (Lipinski definition) is 3. The van der Waals surface area contributed by atoms with E-state index >= 15 is 0 Å². The van der Waals surface area contributed by atoms with E-state index in [2.05, 4.69) is 15.9 Å². The van der Waals surface area contributed by atoms with Gasteiger partial charge in [0.25, 0.3) is 0 Å². The van der Waals surface area contributed by atoms with Gasteiger partial charge in [-0.05, 0) is 33.6 Å². The van der Waals surface area contributed by atoms with Crippen molar-refractivity contribution in [3.63, 3.8) is 0 Å². The highest BCUT2D eigenvalue weighted by Gasteiger charge is 2.06. The molecule has 3 nitrogen and oxygen atoms in total. The number of hydrogen-bond donors (Lipinski definition) is 3. The van der Waals surface area contributed by atoms with E-state index in [0.29, 0.717) is 5.56 Å². The summed E-state index contributed by atoms with van der Waals surface area (Å²) in [5.74, 6) is -1.13. The van der Waals surface area contributed by atoms with Crippen LogP contribution in [-0.2, 0) is 6.54 Å². The van der Waals surface area contributed by atoms with Crippen LogP contribution in [-0.4, -0.2) is 10.3 Å². The molecule has 0 aliphatic heterocycles. The molecule has 1 rings (SSSR count). The molecule has 0 radical (unpaired) electrons. The van der Waals surface area contributed by atoms with Crippen LogP contribution >= 0.6 is 15.9 Å². The smallest absolute Gasteiger partial charge is 0.166 e. The average Bonchev–Trinajstić information content (AvgIpc) is 2.01. The predicted molar refractivity (Wildman–Crippen MR) is 44.4 cm³/mol. The minimum atomic E-state index is -0.713. The van der Waals surface area contributed by atoms with E-state index in [0.717, 1.165) is 6.07 Å². The molecule has 0 aromatic heterocycles. The highest BCUT2D eigenvalue weighted by Crippen LogP contribution is 2.27. The highest BCUT2D eigenvalue weighted by molar-refractivity contribution is 9.10. The number of aromatic hydroxyl groups is 1. The summed E-state index contributed by atoms with van der Waals surface area (Å²) in [6.07, 6.45) is 0. The predicted octanol–water partition coefficient (Wildman–Crippen LogP) is 1.77. The third kappa shape index (κ3) is 1.94. The Morgan fingerprint density at radius 1 is 1.50 bits per heavy atom. The molecule has 0 unspecified atom stereocenters. The van der Waals surface area contributed by atoms with Crippen LogP contribution in [0.4, 0.5) is 4.39 Å². The summed E-state index contributed by atoms with van der Waals surface area (Å²) >= 11 is 2.97. The Kier molecular flexibility index (Phi) is 3.02. The molecule has 0 atom stereocenters. The van der Waals surface area contributed by atoms with E-state index in [1.165, 1.54) is 6.07 Å². The number of nitrogens with one attached hydrogen (secondary N) is 1. The van der Waals surface area contributed by atoms with Gasteiger partial charge in [0.15, 0.2) is 11.6 Å². The molecular formula is C7H7BrFNO2. The van der Waals surface area contributed by atoms with Gasteiger partial charge in [0.05, 0.1) is 4.47 Å². The summed E-state index contributed by atoms with van der Waals surface area (Å²) in [5.41, 5.74) is 2.43. The zero-order valence-corrected chi connectivity index (χ0v) is 7.60. The standard InChI is InChI=1S/C7H7BrFNO2/c8-5-1-4(3-10-12)2-6(9)7(5)11/h1-2,10-12H,3H2. The van der Waals surface area contributed by atoms with Crippen LogP contribution in [0.1, 0.15) is 5.56 Å². The van der Waals surface area contributed by atoms with Gasteiger partial charge in [-0.3, -0.25) is 0 Å². The molecule has 0 saturated carbocycles. The Morgan fingerprint density at radius 3 is 2.67 bits per heavy atom. The fraction of sp³-hybridized carbons (Fsp3) is 0.143. The maximum atomic E-state index is 12.8. The third-order valence-corrected chi connectivity index (χ3v) is 1.96. The van der Waals surface area contributed by atoms with Gasteiger partial charge >= 0.3 is 0 Å². The van der Waals surface area contributed by atoms with Crippen molar-refractivity contribution in [1.82, 2.24) is 5.48 Å². The normalized spacial score (nSPS) is 10.2. The number of rotatable bonds is 2. The van der Waals surface area contributed by atoms with Crippen molar-refractivity contribution >= 4 is 15.9 Å². The summed E-state index contributed by atoms with van der Waals surface area (Å²) in [6.45, 7) is 0.135. The summed E-state index contributed by atoms with van der Waals surface area (Å²) in [4.78, 5) is 0. The summed E-state index contributed by atoms with van der Waals surface area (Å²) in [5, 5.41) is 17.3. The second-order valence-corrected chi connectivity index (χ2v) is 3.10. The van der Waals surface area contributed by atoms with Crippen LogP contribution in [0.2, 0.25) is 0 Å². The SMILES string of the molecule is ONCc1cc(F)c(O)c(Br)c1. The first kappa shape index (κ1) is 9.44. The monoisotopic (exact) mass is 235 g/mol. The van der Waals surface area contributed by atoms with Gasteiger partial charge in [0, 0.05) is 6.54 Å². The minimum Gasteiger partial charge on any atom is -0.504 e. The molecule has 1 aromatic carbocycles. The Hall–Kier alpha value is -0.650. The molecule has 0 spiro atoms. The van der Waals surface area contributed by atoms with Crippen LogP contribution < -0.4 is 5.48 Å². The van der Waals surface area contributed by atoms with Gasteiger partial charge in [0.1, 0.15) is 0 Å². The molecule has 5 heteroatoms. The van der Waals surface area contributed by atoms with Crippen molar-refractivity contribution in [3.05, 3.63) is 28.0 Å². The van der Waals surface area contributed by atoms with Crippen LogP contribution in [0.25, 0.3) is 0 Å². The number of halogens is 2. The van der Waals surface area contributed by atoms with E-state index < -0.39 is 11.6 Å². The van der Waals surface area contributed by atoms with E-state index in [4.69, 9.17) is 10.3 Å². The topological polar surface area (TPSA) is 52.5 Å². The molecule has 0 amide bonds. The molecule has 1 aromatic rings. The average molecular weight is 236 g/mol. The van der Waals surface area contributed by atoms with Gasteiger partial charge in [-0.1, -0.05) is 0 Å². The van der Waals surface area contributed by atoms with E-state index in [1.807, 2.05) is 5.48 Å². The van der Waals surface area contributed by atoms with Crippen LogP contribution in [0.5, 0.6) is 5.75 Å². The molecule has 66 valence electrons. The second kappa shape index (κ2) is 3.84. The summed E-state index contributed by atoms with van der Waals surface area (Å²) in [6, 6.07) is 2.66. The van der Waals surface area contributed by atoms with Gasteiger partial charge in [0.2, 0.25) is 0 Å². The van der Waals surface area contributed by atoms with Gasteiger partial charge in [-0.25, -0.2) is 9.87 Å². The van der Waals surface area contributed by atoms with Crippen LogP contribution in [0.15, 0.2) is 16.6 Å². The molecule has 12 heavy (non-hydrogen) atoms. The first-order chi connectivity index (χ1) is 5.65. The van der Waals surface area contributed by atoms with Gasteiger partial charge in [-0.15, -0.1) is 0 Å². The van der Waals surface area contributed by atoms with Crippen LogP contribution in [0.3, 0.4) is 0 Å². The lowest BCUT2D eigenvalue weighted by Crippen LogP contribution is -2.06. The molecule has 3 N–H and O–H groups in total. The fourth-order valence-corrected chi connectivity index (χ4v) is 1.29. The Bertz CT molecular complexity index is 270. The number of phenols is 1. The largest absolute Gasteiger partial charge is 0.504 e. The van der Waals surface area contributed by atoms with Crippen molar-refractivity contribution in [2.24, 2.45) is 0 Å². The quantitative estimate of drug-likeness (QED) is 0.686. The number of phenolic OH excluding ortho intramolecular Hbond substituents is 1. The second-order valence-electron chi connectivity index (χ2n) is 2.24. The van der Waals surface area contributed by atoms with Crippen molar-refractivity contribution in [2.45, 2.75) is 6.54 Å². The molecule has 0 bridgehead atoms. The molecule has 0 heterocycles. The number of hydroxylamine groups is 1. The first-order valence-electron chi connectivity index (χ1n) is 3.19. The summed E-state index contributed by atoms with van der Waals surface area (Å²) < 4.78 is 13.0. The van der Waals surface area contributed by atoms with Crippen molar-refractivity contribution in [3.8, 4) is 5.75 Å². The van der Waals surface area contributed by atoms with Gasteiger partial charge in [-0.2, -0.15) is 0 Å². The fourth-order valence-electron chi connectivity index (χ4n) is 0.811. The molecule has 0 saturated heterocycles. The van der Waals surface area contributed by atoms with Crippen molar-refractivity contribution < 1.29 is 14.7 Å². The van der Waals surface area contributed by atoms with E-state index in [1.54, 1.807) is 0 Å². The van der Waals surface area contributed by atoms with Crippen LogP contribution in [0, 0.1) is 5.82 Å². The lowest BCUT2D eigenvalue weighted by atomic mass is 10.2. The molecule has 0 aliphatic rings. The minimum absolute atomic E-state index is 0.135. The molecule has 0 fully saturated rings. The zero-order chi connectivity index (χ0) is 9.14. The first-order valence-corrected chi connectivity index (χ1v) is 3.98. The Labute approximate surface area is 76.9 Å². The third-order valence-electron chi connectivity index (χ3n) is 1.36. The molecule has 0 aliphatic carbocycles. The maximum Gasteiger partial charge on any atom is 0.166 e. The molecular weight excluding hydrogens is 229 g/mol. The Balaban J connectivity index is 3.04. The van der Waals surface area contributed by atoms with E-state index in [-0.39, 0.29) is 11.0 Å². The summed E-state index contributed by atoms with van der Waals surface area (Å²) in [7, 11) is 0.